The van der Waals surface area contributed by atoms with Crippen molar-refractivity contribution in [3.8, 4) is 11.3 Å². The highest BCUT2D eigenvalue weighted by Crippen LogP contribution is 2.26. The lowest BCUT2D eigenvalue weighted by Crippen LogP contribution is -2.08. The van der Waals surface area contributed by atoms with Crippen molar-refractivity contribution < 1.29 is 14.3 Å². The summed E-state index contributed by atoms with van der Waals surface area (Å²) in [6.45, 7) is 2.02. The van der Waals surface area contributed by atoms with Crippen LogP contribution in [0.25, 0.3) is 16.9 Å². The van der Waals surface area contributed by atoms with Crippen LogP contribution in [-0.4, -0.2) is 25.4 Å². The monoisotopic (exact) mass is 465 g/mol. The minimum Gasteiger partial charge on any atom is -0.481 e. The zero-order valence-electron chi connectivity index (χ0n) is 19.3. The van der Waals surface area contributed by atoms with E-state index in [2.05, 4.69) is 6.07 Å². The van der Waals surface area contributed by atoms with Crippen LogP contribution < -0.4 is 0 Å². The molecule has 0 amide bonds. The van der Waals surface area contributed by atoms with Crippen LogP contribution in [0.1, 0.15) is 33.8 Å². The average molecular weight is 466 g/mol. The topological polar surface area (TPSA) is 67.5 Å². The quantitative estimate of drug-likeness (QED) is 0.337. The first-order valence-corrected chi connectivity index (χ1v) is 11.4. The number of hydrogen-bond donors (Lipinski definition) is 1. The zero-order chi connectivity index (χ0) is 24.4. The summed E-state index contributed by atoms with van der Waals surface area (Å²) in [5, 5.41) is 9.70. The smallest absolute Gasteiger partial charge is 0.309 e. The largest absolute Gasteiger partial charge is 0.481 e. The van der Waals surface area contributed by atoms with Gasteiger partial charge in [-0.05, 0) is 24.1 Å². The van der Waals surface area contributed by atoms with E-state index in [0.717, 1.165) is 16.7 Å². The van der Waals surface area contributed by atoms with Crippen molar-refractivity contribution in [3.63, 3.8) is 0 Å². The molecule has 0 saturated carbocycles. The van der Waals surface area contributed by atoms with E-state index in [1.165, 1.54) is 6.07 Å². The summed E-state index contributed by atoms with van der Waals surface area (Å²) in [5.41, 5.74) is 6.67. The predicted molar refractivity (Wildman–Crippen MR) is 133 cm³/mol. The van der Waals surface area contributed by atoms with Gasteiger partial charge in [-0.3, -0.25) is 9.20 Å². The minimum atomic E-state index is -0.939. The van der Waals surface area contributed by atoms with Gasteiger partial charge in [0.15, 0.2) is 5.65 Å². The summed E-state index contributed by atoms with van der Waals surface area (Å²) in [7, 11) is 0. The summed E-state index contributed by atoms with van der Waals surface area (Å²) in [4.78, 5) is 21.6. The highest BCUT2D eigenvalue weighted by atomic mass is 19.1. The van der Waals surface area contributed by atoms with Gasteiger partial charge in [0.25, 0.3) is 0 Å². The van der Waals surface area contributed by atoms with Gasteiger partial charge in [-0.15, -0.1) is 0 Å². The number of fused-ring (bicyclic) bond motifs is 1. The molecule has 5 nitrogen and oxygen atoms in total. The lowest BCUT2D eigenvalue weighted by Gasteiger charge is -2.10. The van der Waals surface area contributed by atoms with Crippen molar-refractivity contribution in [2.45, 2.75) is 26.2 Å². The maximum atomic E-state index is 14.5. The fraction of sp³-hybridized carbons (Fsp3) is 0.138. The Balaban J connectivity index is 1.72. The molecule has 0 fully saturated rings. The number of benzene rings is 3. The van der Waals surface area contributed by atoms with Crippen molar-refractivity contribution in [1.29, 1.82) is 0 Å². The van der Waals surface area contributed by atoms with Crippen LogP contribution in [0.15, 0.2) is 85.1 Å². The van der Waals surface area contributed by atoms with E-state index in [0.29, 0.717) is 40.4 Å². The number of carbonyl (C=O) groups is 1. The first-order chi connectivity index (χ1) is 17.0. The number of aryl methyl sites for hydroxylation is 1. The van der Waals surface area contributed by atoms with Crippen LogP contribution in [-0.2, 0) is 24.1 Å². The third kappa shape index (κ3) is 4.82. The van der Waals surface area contributed by atoms with Crippen molar-refractivity contribution >= 4 is 11.6 Å². The Morgan fingerprint density at radius 3 is 2.43 bits per heavy atom. The van der Waals surface area contributed by atoms with E-state index < -0.39 is 5.97 Å². The van der Waals surface area contributed by atoms with Crippen molar-refractivity contribution in [2.24, 2.45) is 0 Å². The molecule has 0 aliphatic rings. The molecule has 2 aromatic heterocycles. The molecule has 5 rings (SSSR count). The molecule has 0 bridgehead atoms. The van der Waals surface area contributed by atoms with Crippen LogP contribution in [0.3, 0.4) is 0 Å². The highest BCUT2D eigenvalue weighted by molar-refractivity contribution is 5.71. The van der Waals surface area contributed by atoms with E-state index in [1.807, 2.05) is 66.1 Å². The van der Waals surface area contributed by atoms with E-state index in [9.17, 15) is 14.3 Å². The van der Waals surface area contributed by atoms with E-state index in [-0.39, 0.29) is 18.7 Å². The maximum absolute atomic E-state index is 14.5. The number of carboxylic acids is 1. The Morgan fingerprint density at radius 1 is 0.914 bits per heavy atom. The average Bonchev–Trinajstić information content (AvgIpc) is 3.17. The highest BCUT2D eigenvalue weighted by Gasteiger charge is 2.20. The third-order valence-electron chi connectivity index (χ3n) is 6.02. The van der Waals surface area contributed by atoms with Crippen LogP contribution >= 0.6 is 0 Å². The molecule has 0 saturated heterocycles. The maximum Gasteiger partial charge on any atom is 0.309 e. The number of nitrogens with zero attached hydrogens (tertiary/aromatic N) is 3. The number of carboxylic acid groups (broad SMARTS) is 1. The van der Waals surface area contributed by atoms with Gasteiger partial charge in [-0.1, -0.05) is 78.4 Å². The summed E-state index contributed by atoms with van der Waals surface area (Å²) < 4.78 is 16.4. The van der Waals surface area contributed by atoms with Gasteiger partial charge in [0.1, 0.15) is 5.82 Å². The molecule has 1 N–H and O–H groups in total. The molecule has 2 heterocycles. The van der Waals surface area contributed by atoms with Gasteiger partial charge in [-0.2, -0.15) is 0 Å². The van der Waals surface area contributed by atoms with Crippen LogP contribution in [0.2, 0.25) is 0 Å². The molecule has 6 heteroatoms. The van der Waals surface area contributed by atoms with Gasteiger partial charge in [0, 0.05) is 24.6 Å². The second-order valence-corrected chi connectivity index (χ2v) is 8.64. The molecular weight excluding hydrogens is 441 g/mol. The molecule has 3 aromatic carbocycles. The Kier molecular flexibility index (Phi) is 6.10. The van der Waals surface area contributed by atoms with Crippen molar-refractivity contribution in [2.75, 3.05) is 0 Å². The molecule has 35 heavy (non-hydrogen) atoms. The molecule has 0 aliphatic carbocycles. The standard InChI is InChI=1S/C29H24FN3O2/c1-19-8-7-9-20(14-19)15-24-27(17-28(34)35)33-18-26(21-10-3-2-4-11-21)31-25(29(33)32-24)16-22-12-5-6-13-23(22)30/h2-14,18H,15-17H2,1H3,(H,34,35). The minimum absolute atomic E-state index is 0.181. The van der Waals surface area contributed by atoms with Gasteiger partial charge in [0.2, 0.25) is 0 Å². The van der Waals surface area contributed by atoms with Crippen molar-refractivity contribution in [1.82, 2.24) is 14.4 Å². The summed E-state index contributed by atoms with van der Waals surface area (Å²) >= 11 is 0. The summed E-state index contributed by atoms with van der Waals surface area (Å²) in [5.74, 6) is -1.25. The van der Waals surface area contributed by atoms with E-state index in [1.54, 1.807) is 18.2 Å². The number of halogens is 1. The normalized spacial score (nSPS) is 11.1. The number of rotatable bonds is 7. The van der Waals surface area contributed by atoms with Gasteiger partial charge >= 0.3 is 5.97 Å². The van der Waals surface area contributed by atoms with Crippen molar-refractivity contribution in [3.05, 3.63) is 125 Å². The Labute approximate surface area is 202 Å². The Morgan fingerprint density at radius 2 is 1.69 bits per heavy atom. The summed E-state index contributed by atoms with van der Waals surface area (Å²) in [6, 6.07) is 24.4. The number of aromatic nitrogens is 3. The molecule has 5 aromatic rings. The van der Waals surface area contributed by atoms with Crippen LogP contribution in [0.5, 0.6) is 0 Å². The molecular formula is C29H24FN3O2. The first kappa shape index (κ1) is 22.5. The zero-order valence-corrected chi connectivity index (χ0v) is 19.3. The van der Waals surface area contributed by atoms with Crippen LogP contribution in [0, 0.1) is 12.7 Å². The summed E-state index contributed by atoms with van der Waals surface area (Å²) in [6.07, 6.45) is 2.39. The first-order valence-electron chi connectivity index (χ1n) is 11.4. The number of hydrogen-bond acceptors (Lipinski definition) is 3. The number of aliphatic carboxylic acids is 1. The second-order valence-electron chi connectivity index (χ2n) is 8.64. The molecule has 0 spiro atoms. The molecule has 0 atom stereocenters. The van der Waals surface area contributed by atoms with Gasteiger partial charge in [0.05, 0.1) is 29.2 Å². The Bertz CT molecular complexity index is 1530. The third-order valence-corrected chi connectivity index (χ3v) is 6.02. The predicted octanol–water partition coefficient (Wildman–Crippen LogP) is 5.65. The van der Waals surface area contributed by atoms with E-state index in [4.69, 9.17) is 9.97 Å². The SMILES string of the molecule is Cc1cccc(Cc2nc3c(Cc4ccccc4F)nc(-c4ccccc4)cn3c2CC(=O)O)c1. The molecule has 174 valence electrons. The van der Waals surface area contributed by atoms with Crippen LogP contribution in [0.4, 0.5) is 4.39 Å². The molecule has 0 radical (unpaired) electrons. The second kappa shape index (κ2) is 9.50. The molecule has 0 unspecified atom stereocenters. The van der Waals surface area contributed by atoms with Gasteiger partial charge < -0.3 is 5.11 Å². The number of imidazole rings is 1. The van der Waals surface area contributed by atoms with Gasteiger partial charge in [-0.25, -0.2) is 14.4 Å². The fourth-order valence-electron chi connectivity index (χ4n) is 4.38. The Hall–Kier alpha value is -4.32. The van der Waals surface area contributed by atoms with E-state index >= 15 is 0 Å². The lowest BCUT2D eigenvalue weighted by atomic mass is 10.1. The fourth-order valence-corrected chi connectivity index (χ4v) is 4.38. The molecule has 0 aliphatic heterocycles. The lowest BCUT2D eigenvalue weighted by molar-refractivity contribution is -0.136.